The highest BCUT2D eigenvalue weighted by atomic mass is 32.1. The number of urea groups is 1. The summed E-state index contributed by atoms with van der Waals surface area (Å²) in [6.07, 6.45) is 0.819. The number of amides is 2. The highest BCUT2D eigenvalue weighted by Crippen LogP contribution is 2.26. The summed E-state index contributed by atoms with van der Waals surface area (Å²) in [5, 5.41) is 9.31. The largest absolute Gasteiger partial charge is 0.369 e. The van der Waals surface area contributed by atoms with Crippen LogP contribution in [-0.4, -0.2) is 40.4 Å². The van der Waals surface area contributed by atoms with E-state index in [4.69, 9.17) is 4.74 Å². The van der Waals surface area contributed by atoms with Gasteiger partial charge in [0.2, 0.25) is 0 Å². The summed E-state index contributed by atoms with van der Waals surface area (Å²) in [5.41, 5.74) is 0.969. The third-order valence-corrected chi connectivity index (χ3v) is 4.71. The SMILES string of the molecule is CCc1cc(NC(=O)N2CCO[C@@H](c3cccs3)C2)n(C)n1. The summed E-state index contributed by atoms with van der Waals surface area (Å²) >= 11 is 1.66. The van der Waals surface area contributed by atoms with E-state index in [9.17, 15) is 4.79 Å². The van der Waals surface area contributed by atoms with Crippen LogP contribution in [0.4, 0.5) is 10.6 Å². The molecular weight excluding hydrogens is 300 g/mol. The van der Waals surface area contributed by atoms with Crippen molar-refractivity contribution in [2.24, 2.45) is 7.05 Å². The van der Waals surface area contributed by atoms with Crippen LogP contribution in [0.1, 0.15) is 23.6 Å². The van der Waals surface area contributed by atoms with E-state index in [0.29, 0.717) is 19.7 Å². The molecule has 0 aromatic carbocycles. The second kappa shape index (κ2) is 6.50. The van der Waals surface area contributed by atoms with Crippen LogP contribution in [0.2, 0.25) is 0 Å². The third kappa shape index (κ3) is 3.15. The molecule has 0 bridgehead atoms. The van der Waals surface area contributed by atoms with Gasteiger partial charge in [0, 0.05) is 24.5 Å². The van der Waals surface area contributed by atoms with Crippen LogP contribution in [0.3, 0.4) is 0 Å². The number of aromatic nitrogens is 2. The van der Waals surface area contributed by atoms with E-state index in [1.165, 1.54) is 0 Å². The lowest BCUT2D eigenvalue weighted by Crippen LogP contribution is -2.44. The van der Waals surface area contributed by atoms with E-state index in [-0.39, 0.29) is 12.1 Å². The number of morpholine rings is 1. The number of anilines is 1. The third-order valence-electron chi connectivity index (χ3n) is 3.74. The van der Waals surface area contributed by atoms with Gasteiger partial charge in [-0.15, -0.1) is 11.3 Å². The molecule has 0 spiro atoms. The number of nitrogens with zero attached hydrogens (tertiary/aromatic N) is 3. The first-order chi connectivity index (χ1) is 10.7. The summed E-state index contributed by atoms with van der Waals surface area (Å²) in [6, 6.07) is 5.86. The van der Waals surface area contributed by atoms with Gasteiger partial charge in [-0.3, -0.25) is 10.00 Å². The molecule has 22 heavy (non-hydrogen) atoms. The van der Waals surface area contributed by atoms with Crippen molar-refractivity contribution < 1.29 is 9.53 Å². The Morgan fingerprint density at radius 1 is 1.59 bits per heavy atom. The minimum atomic E-state index is -0.101. The van der Waals surface area contributed by atoms with E-state index in [1.807, 2.05) is 37.6 Å². The summed E-state index contributed by atoms with van der Waals surface area (Å²) in [6.45, 7) is 3.78. The minimum Gasteiger partial charge on any atom is -0.369 e. The normalized spacial score (nSPS) is 18.5. The Balaban J connectivity index is 1.65. The Morgan fingerprint density at radius 3 is 3.14 bits per heavy atom. The molecular formula is C15H20N4O2S. The predicted molar refractivity (Wildman–Crippen MR) is 86.2 cm³/mol. The van der Waals surface area contributed by atoms with Crippen molar-refractivity contribution in [3.8, 4) is 0 Å². The van der Waals surface area contributed by atoms with Gasteiger partial charge in [0.25, 0.3) is 0 Å². The molecule has 3 heterocycles. The average molecular weight is 320 g/mol. The first-order valence-corrected chi connectivity index (χ1v) is 8.29. The van der Waals surface area contributed by atoms with Crippen LogP contribution >= 0.6 is 11.3 Å². The fourth-order valence-corrected chi connectivity index (χ4v) is 3.25. The fourth-order valence-electron chi connectivity index (χ4n) is 2.49. The molecule has 1 N–H and O–H groups in total. The maximum Gasteiger partial charge on any atom is 0.323 e. The summed E-state index contributed by atoms with van der Waals surface area (Å²) in [4.78, 5) is 15.4. The number of carbonyl (C=O) groups is 1. The van der Waals surface area contributed by atoms with E-state index in [1.54, 1.807) is 20.9 Å². The summed E-state index contributed by atoms with van der Waals surface area (Å²) in [5.74, 6) is 0.723. The Kier molecular flexibility index (Phi) is 4.44. The molecule has 2 aromatic rings. The van der Waals surface area contributed by atoms with E-state index in [0.717, 1.165) is 22.8 Å². The summed E-state index contributed by atoms with van der Waals surface area (Å²) < 4.78 is 7.47. The lowest BCUT2D eigenvalue weighted by Gasteiger charge is -2.32. The minimum absolute atomic E-state index is 0.0303. The first-order valence-electron chi connectivity index (χ1n) is 7.41. The van der Waals surface area contributed by atoms with Gasteiger partial charge in [-0.05, 0) is 17.9 Å². The van der Waals surface area contributed by atoms with Gasteiger partial charge in [-0.25, -0.2) is 4.79 Å². The molecule has 118 valence electrons. The van der Waals surface area contributed by atoms with Gasteiger partial charge in [0.15, 0.2) is 0 Å². The number of carbonyl (C=O) groups excluding carboxylic acids is 1. The fraction of sp³-hybridized carbons (Fsp3) is 0.467. The Morgan fingerprint density at radius 2 is 2.45 bits per heavy atom. The number of nitrogens with one attached hydrogen (secondary N) is 1. The van der Waals surface area contributed by atoms with Gasteiger partial charge in [-0.2, -0.15) is 5.10 Å². The van der Waals surface area contributed by atoms with Crippen LogP contribution in [-0.2, 0) is 18.2 Å². The maximum atomic E-state index is 12.5. The quantitative estimate of drug-likeness (QED) is 0.946. The lowest BCUT2D eigenvalue weighted by atomic mass is 10.2. The van der Waals surface area contributed by atoms with Crippen LogP contribution in [0, 0.1) is 0 Å². The molecule has 0 aliphatic carbocycles. The number of thiophene rings is 1. The second-order valence-electron chi connectivity index (χ2n) is 5.25. The van der Waals surface area contributed by atoms with Gasteiger partial charge in [-0.1, -0.05) is 13.0 Å². The zero-order valence-electron chi connectivity index (χ0n) is 12.8. The maximum absolute atomic E-state index is 12.5. The van der Waals surface area contributed by atoms with Gasteiger partial charge in [0.05, 0.1) is 18.8 Å². The van der Waals surface area contributed by atoms with Crippen molar-refractivity contribution in [1.29, 1.82) is 0 Å². The molecule has 1 fully saturated rings. The monoisotopic (exact) mass is 320 g/mol. The standard InChI is InChI=1S/C15H20N4O2S/c1-3-11-9-14(18(2)17-11)16-15(20)19-6-7-21-12(10-19)13-5-4-8-22-13/h4-5,8-9,12H,3,6-7,10H2,1-2H3,(H,16,20)/t12-/m1/s1. The highest BCUT2D eigenvalue weighted by molar-refractivity contribution is 7.10. The Bertz CT molecular complexity index is 638. The van der Waals surface area contributed by atoms with E-state index >= 15 is 0 Å². The lowest BCUT2D eigenvalue weighted by molar-refractivity contribution is -0.0116. The van der Waals surface area contributed by atoms with Crippen molar-refractivity contribution in [3.63, 3.8) is 0 Å². The predicted octanol–water partition coefficient (Wildman–Crippen LogP) is 2.65. The van der Waals surface area contributed by atoms with Crippen LogP contribution in [0.25, 0.3) is 0 Å². The van der Waals surface area contributed by atoms with Gasteiger partial charge in [0.1, 0.15) is 11.9 Å². The molecule has 2 aromatic heterocycles. The zero-order chi connectivity index (χ0) is 15.5. The average Bonchev–Trinajstić information content (AvgIpc) is 3.18. The topological polar surface area (TPSA) is 59.4 Å². The number of hydrogen-bond acceptors (Lipinski definition) is 4. The zero-order valence-corrected chi connectivity index (χ0v) is 13.6. The van der Waals surface area contributed by atoms with Crippen molar-refractivity contribution in [1.82, 2.24) is 14.7 Å². The van der Waals surface area contributed by atoms with Crippen LogP contribution in [0.5, 0.6) is 0 Å². The molecule has 1 atom stereocenters. The van der Waals surface area contributed by atoms with E-state index < -0.39 is 0 Å². The van der Waals surface area contributed by atoms with Crippen molar-refractivity contribution in [3.05, 3.63) is 34.2 Å². The van der Waals surface area contributed by atoms with Gasteiger partial charge < -0.3 is 9.64 Å². The molecule has 6 nitrogen and oxygen atoms in total. The van der Waals surface area contributed by atoms with Crippen LogP contribution < -0.4 is 5.32 Å². The second-order valence-corrected chi connectivity index (χ2v) is 6.23. The van der Waals surface area contributed by atoms with Crippen molar-refractivity contribution >= 4 is 23.2 Å². The number of rotatable bonds is 3. The van der Waals surface area contributed by atoms with Crippen molar-refractivity contribution in [2.45, 2.75) is 19.4 Å². The Labute approximate surface area is 133 Å². The molecule has 0 radical (unpaired) electrons. The molecule has 1 saturated heterocycles. The molecule has 3 rings (SSSR count). The number of hydrogen-bond donors (Lipinski definition) is 1. The molecule has 7 heteroatoms. The molecule has 1 aliphatic rings. The summed E-state index contributed by atoms with van der Waals surface area (Å²) in [7, 11) is 1.84. The highest BCUT2D eigenvalue weighted by Gasteiger charge is 2.26. The molecule has 0 saturated carbocycles. The first kappa shape index (κ1) is 15.1. The Hall–Kier alpha value is -1.86. The molecule has 0 unspecified atom stereocenters. The molecule has 1 aliphatic heterocycles. The number of aryl methyl sites for hydroxylation is 2. The molecule has 2 amide bonds. The van der Waals surface area contributed by atoms with Gasteiger partial charge >= 0.3 is 6.03 Å². The van der Waals surface area contributed by atoms with Crippen LogP contribution in [0.15, 0.2) is 23.6 Å². The number of ether oxygens (including phenoxy) is 1. The smallest absolute Gasteiger partial charge is 0.323 e. The van der Waals surface area contributed by atoms with Crippen molar-refractivity contribution in [2.75, 3.05) is 25.0 Å². The van der Waals surface area contributed by atoms with E-state index in [2.05, 4.69) is 10.4 Å².